The van der Waals surface area contributed by atoms with Gasteiger partial charge in [0, 0.05) is 33.2 Å². The smallest absolute Gasteiger partial charge is 0.276 e. The fourth-order valence-electron chi connectivity index (χ4n) is 0.786. The van der Waals surface area contributed by atoms with Crippen LogP contribution in [0.5, 0.6) is 0 Å². The first-order valence-electron chi connectivity index (χ1n) is 4.22. The van der Waals surface area contributed by atoms with E-state index in [9.17, 15) is 4.79 Å². The molecular weight excluding hydrogens is 202 g/mol. The van der Waals surface area contributed by atoms with Crippen LogP contribution in [-0.4, -0.2) is 40.9 Å². The van der Waals surface area contributed by atoms with E-state index in [0.29, 0.717) is 23.3 Å². The van der Waals surface area contributed by atoms with Crippen LogP contribution in [0.1, 0.15) is 12.3 Å². The Morgan fingerprint density at radius 1 is 1.50 bits per heavy atom. The molecule has 1 heterocycles. The van der Waals surface area contributed by atoms with Gasteiger partial charge in [-0.15, -0.1) is 10.2 Å². The highest BCUT2D eigenvalue weighted by atomic mass is 32.2. The van der Waals surface area contributed by atoms with Gasteiger partial charge in [0.2, 0.25) is 11.8 Å². The SMILES string of the molecule is Cc1nnc(SCCC(=O)N(C)C)o1. The maximum atomic E-state index is 11.2. The van der Waals surface area contributed by atoms with Crippen LogP contribution in [0.2, 0.25) is 0 Å². The molecule has 0 aliphatic rings. The average Bonchev–Trinajstić information content (AvgIpc) is 2.51. The highest BCUT2D eigenvalue weighted by Crippen LogP contribution is 2.16. The van der Waals surface area contributed by atoms with Gasteiger partial charge in [0.15, 0.2) is 0 Å². The first-order valence-corrected chi connectivity index (χ1v) is 5.21. The van der Waals surface area contributed by atoms with Crippen LogP contribution in [0.4, 0.5) is 0 Å². The summed E-state index contributed by atoms with van der Waals surface area (Å²) in [5, 5.41) is 8.02. The van der Waals surface area contributed by atoms with E-state index in [1.165, 1.54) is 11.8 Å². The highest BCUT2D eigenvalue weighted by molar-refractivity contribution is 7.99. The lowest BCUT2D eigenvalue weighted by atomic mass is 10.4. The molecule has 0 fully saturated rings. The Balaban J connectivity index is 2.25. The van der Waals surface area contributed by atoms with E-state index in [-0.39, 0.29) is 5.91 Å². The van der Waals surface area contributed by atoms with Crippen molar-refractivity contribution >= 4 is 17.7 Å². The molecule has 0 saturated heterocycles. The molecule has 78 valence electrons. The van der Waals surface area contributed by atoms with Crippen LogP contribution in [0.15, 0.2) is 9.64 Å². The predicted octanol–water partition coefficient (Wildman–Crippen LogP) is 0.948. The van der Waals surface area contributed by atoms with Crippen molar-refractivity contribution in [2.24, 2.45) is 0 Å². The fraction of sp³-hybridized carbons (Fsp3) is 0.625. The lowest BCUT2D eigenvalue weighted by Gasteiger charge is -2.08. The lowest BCUT2D eigenvalue weighted by Crippen LogP contribution is -2.21. The molecule has 0 spiro atoms. The monoisotopic (exact) mass is 215 g/mol. The van der Waals surface area contributed by atoms with Gasteiger partial charge in [-0.1, -0.05) is 11.8 Å². The first-order chi connectivity index (χ1) is 6.59. The molecule has 0 unspecified atom stereocenters. The van der Waals surface area contributed by atoms with Gasteiger partial charge in [-0.05, 0) is 0 Å². The molecule has 0 aromatic carbocycles. The highest BCUT2D eigenvalue weighted by Gasteiger charge is 2.06. The second kappa shape index (κ2) is 4.99. The summed E-state index contributed by atoms with van der Waals surface area (Å²) in [6.45, 7) is 1.74. The van der Waals surface area contributed by atoms with Crippen molar-refractivity contribution in [1.29, 1.82) is 0 Å². The van der Waals surface area contributed by atoms with Crippen molar-refractivity contribution in [3.8, 4) is 0 Å². The molecule has 6 heteroatoms. The summed E-state index contributed by atoms with van der Waals surface area (Å²) in [6.07, 6.45) is 0.485. The zero-order valence-electron chi connectivity index (χ0n) is 8.48. The largest absolute Gasteiger partial charge is 0.416 e. The third-order valence-electron chi connectivity index (χ3n) is 1.55. The summed E-state index contributed by atoms with van der Waals surface area (Å²) in [5.41, 5.74) is 0. The van der Waals surface area contributed by atoms with Crippen molar-refractivity contribution in [3.63, 3.8) is 0 Å². The van der Waals surface area contributed by atoms with Gasteiger partial charge < -0.3 is 9.32 Å². The Labute approximate surface area is 86.9 Å². The normalized spacial score (nSPS) is 10.2. The predicted molar refractivity (Wildman–Crippen MR) is 53.1 cm³/mol. The van der Waals surface area contributed by atoms with Gasteiger partial charge in [-0.25, -0.2) is 0 Å². The molecule has 0 aliphatic heterocycles. The summed E-state index contributed by atoms with van der Waals surface area (Å²) in [4.78, 5) is 12.8. The molecule has 0 aliphatic carbocycles. The minimum Gasteiger partial charge on any atom is -0.416 e. The van der Waals surface area contributed by atoms with E-state index in [4.69, 9.17) is 4.42 Å². The van der Waals surface area contributed by atoms with Crippen LogP contribution in [-0.2, 0) is 4.79 Å². The van der Waals surface area contributed by atoms with Crippen molar-refractivity contribution in [1.82, 2.24) is 15.1 Å². The Bertz CT molecular complexity index is 311. The number of rotatable bonds is 4. The van der Waals surface area contributed by atoms with Crippen molar-refractivity contribution in [2.45, 2.75) is 18.6 Å². The molecule has 1 amide bonds. The van der Waals surface area contributed by atoms with E-state index in [1.807, 2.05) is 0 Å². The molecule has 0 saturated carbocycles. The number of hydrogen-bond donors (Lipinski definition) is 0. The van der Waals surface area contributed by atoms with Crippen LogP contribution in [0.3, 0.4) is 0 Å². The Hall–Kier alpha value is -1.04. The molecule has 0 bridgehead atoms. The quantitative estimate of drug-likeness (QED) is 0.700. The summed E-state index contributed by atoms with van der Waals surface area (Å²) >= 11 is 1.40. The fourth-order valence-corrected chi connectivity index (χ4v) is 1.52. The minimum atomic E-state index is 0.105. The van der Waals surface area contributed by atoms with E-state index >= 15 is 0 Å². The number of aromatic nitrogens is 2. The van der Waals surface area contributed by atoms with E-state index in [0.717, 1.165) is 0 Å². The van der Waals surface area contributed by atoms with Gasteiger partial charge in [-0.2, -0.15) is 0 Å². The van der Waals surface area contributed by atoms with Crippen LogP contribution >= 0.6 is 11.8 Å². The summed E-state index contributed by atoms with van der Waals surface area (Å²) < 4.78 is 5.14. The topological polar surface area (TPSA) is 59.2 Å². The molecule has 1 rings (SSSR count). The number of carbonyl (C=O) groups excluding carboxylic acids is 1. The first kappa shape index (κ1) is 11.0. The molecule has 1 aromatic heterocycles. The zero-order chi connectivity index (χ0) is 10.6. The molecule has 0 N–H and O–H groups in total. The second-order valence-electron chi connectivity index (χ2n) is 2.97. The molecule has 5 nitrogen and oxygen atoms in total. The Morgan fingerprint density at radius 3 is 2.71 bits per heavy atom. The molecule has 14 heavy (non-hydrogen) atoms. The maximum Gasteiger partial charge on any atom is 0.276 e. The van der Waals surface area contributed by atoms with E-state index < -0.39 is 0 Å². The lowest BCUT2D eigenvalue weighted by molar-refractivity contribution is -0.128. The van der Waals surface area contributed by atoms with Crippen molar-refractivity contribution < 1.29 is 9.21 Å². The van der Waals surface area contributed by atoms with Crippen LogP contribution < -0.4 is 0 Å². The number of carbonyl (C=O) groups is 1. The number of nitrogens with zero attached hydrogens (tertiary/aromatic N) is 3. The Morgan fingerprint density at radius 2 is 2.21 bits per heavy atom. The molecule has 0 atom stereocenters. The van der Waals surface area contributed by atoms with Gasteiger partial charge in [0.05, 0.1) is 0 Å². The van der Waals surface area contributed by atoms with Crippen LogP contribution in [0.25, 0.3) is 0 Å². The van der Waals surface area contributed by atoms with Gasteiger partial charge in [-0.3, -0.25) is 4.79 Å². The number of amides is 1. The van der Waals surface area contributed by atoms with Crippen molar-refractivity contribution in [2.75, 3.05) is 19.8 Å². The summed E-state index contributed by atoms with van der Waals surface area (Å²) in [6, 6.07) is 0. The zero-order valence-corrected chi connectivity index (χ0v) is 9.30. The number of hydrogen-bond acceptors (Lipinski definition) is 5. The molecular formula is C8H13N3O2S. The van der Waals surface area contributed by atoms with E-state index in [2.05, 4.69) is 10.2 Å². The third kappa shape index (κ3) is 3.37. The van der Waals surface area contributed by atoms with Gasteiger partial charge in [0.1, 0.15) is 0 Å². The summed E-state index contributed by atoms with van der Waals surface area (Å²) in [5.74, 6) is 1.32. The maximum absolute atomic E-state index is 11.2. The standard InChI is InChI=1S/C8H13N3O2S/c1-6-9-10-8(13-6)14-5-4-7(12)11(2)3/h4-5H2,1-3H3. The van der Waals surface area contributed by atoms with Gasteiger partial charge >= 0.3 is 0 Å². The second-order valence-corrected chi connectivity index (χ2v) is 4.02. The molecule has 0 radical (unpaired) electrons. The average molecular weight is 215 g/mol. The summed E-state index contributed by atoms with van der Waals surface area (Å²) in [7, 11) is 3.48. The minimum absolute atomic E-state index is 0.105. The van der Waals surface area contributed by atoms with Crippen molar-refractivity contribution in [3.05, 3.63) is 5.89 Å². The number of aryl methyl sites for hydroxylation is 1. The number of thioether (sulfide) groups is 1. The van der Waals surface area contributed by atoms with E-state index in [1.54, 1.807) is 25.9 Å². The van der Waals surface area contributed by atoms with Gasteiger partial charge in [0.25, 0.3) is 5.22 Å². The third-order valence-corrected chi connectivity index (χ3v) is 2.37. The van der Waals surface area contributed by atoms with Crippen LogP contribution in [0, 0.1) is 6.92 Å². The Kier molecular flexibility index (Phi) is 3.94. The molecule has 1 aromatic rings.